The molecule has 0 bridgehead atoms. The van der Waals surface area contributed by atoms with Crippen LogP contribution in [0.4, 0.5) is 0 Å². The van der Waals surface area contributed by atoms with Crippen molar-refractivity contribution in [2.24, 2.45) is 0 Å². The summed E-state index contributed by atoms with van der Waals surface area (Å²) in [5, 5.41) is 6.76. The first-order chi connectivity index (χ1) is 7.65. The standard InChI is InChI=1S/C11H14Cl2N2O/c1-2-15-10(16)7-14-6-8-4-3-5-9(12)11(8)13/h3-5,14H,2,6-7H2,1H3,(H,15,16). The molecule has 88 valence electrons. The topological polar surface area (TPSA) is 41.1 Å². The maximum atomic E-state index is 11.2. The number of rotatable bonds is 5. The molecule has 0 aliphatic rings. The van der Waals surface area contributed by atoms with Crippen molar-refractivity contribution in [1.29, 1.82) is 0 Å². The van der Waals surface area contributed by atoms with Crippen LogP contribution in [0, 0.1) is 0 Å². The third-order valence-corrected chi connectivity index (χ3v) is 2.86. The SMILES string of the molecule is CCNC(=O)CNCc1cccc(Cl)c1Cl. The van der Waals surface area contributed by atoms with E-state index in [0.29, 0.717) is 23.1 Å². The predicted octanol–water partition coefficient (Wildman–Crippen LogP) is 2.22. The van der Waals surface area contributed by atoms with Gasteiger partial charge in [0.25, 0.3) is 0 Å². The van der Waals surface area contributed by atoms with Crippen LogP contribution in [0.1, 0.15) is 12.5 Å². The van der Waals surface area contributed by atoms with Crippen molar-refractivity contribution >= 4 is 29.1 Å². The van der Waals surface area contributed by atoms with Crippen LogP contribution in [0.3, 0.4) is 0 Å². The highest BCUT2D eigenvalue weighted by Crippen LogP contribution is 2.25. The number of carbonyl (C=O) groups is 1. The summed E-state index contributed by atoms with van der Waals surface area (Å²) in [6.45, 7) is 3.32. The van der Waals surface area contributed by atoms with Gasteiger partial charge in [-0.3, -0.25) is 4.79 Å². The summed E-state index contributed by atoms with van der Waals surface area (Å²) in [7, 11) is 0. The van der Waals surface area contributed by atoms with E-state index in [9.17, 15) is 4.79 Å². The minimum atomic E-state index is -0.0272. The normalized spacial score (nSPS) is 10.2. The van der Waals surface area contributed by atoms with Crippen molar-refractivity contribution in [3.63, 3.8) is 0 Å². The Morgan fingerprint density at radius 3 is 2.81 bits per heavy atom. The van der Waals surface area contributed by atoms with Gasteiger partial charge < -0.3 is 10.6 Å². The third-order valence-electron chi connectivity index (χ3n) is 2.01. The summed E-state index contributed by atoms with van der Waals surface area (Å²) in [6.07, 6.45) is 0. The van der Waals surface area contributed by atoms with Gasteiger partial charge in [-0.15, -0.1) is 0 Å². The van der Waals surface area contributed by atoms with Gasteiger partial charge >= 0.3 is 0 Å². The molecule has 16 heavy (non-hydrogen) atoms. The molecule has 1 aromatic carbocycles. The highest BCUT2D eigenvalue weighted by Gasteiger charge is 2.04. The summed E-state index contributed by atoms with van der Waals surface area (Å²) < 4.78 is 0. The largest absolute Gasteiger partial charge is 0.355 e. The predicted molar refractivity (Wildman–Crippen MR) is 66.9 cm³/mol. The van der Waals surface area contributed by atoms with Crippen LogP contribution in [-0.4, -0.2) is 19.0 Å². The van der Waals surface area contributed by atoms with Gasteiger partial charge in [-0.2, -0.15) is 0 Å². The van der Waals surface area contributed by atoms with Gasteiger partial charge in [-0.25, -0.2) is 0 Å². The van der Waals surface area contributed by atoms with E-state index in [0.717, 1.165) is 5.56 Å². The van der Waals surface area contributed by atoms with Crippen LogP contribution in [0.5, 0.6) is 0 Å². The van der Waals surface area contributed by atoms with Crippen molar-refractivity contribution in [3.8, 4) is 0 Å². The van der Waals surface area contributed by atoms with Crippen molar-refractivity contribution in [2.75, 3.05) is 13.1 Å². The quantitative estimate of drug-likeness (QED) is 0.853. The Hall–Kier alpha value is -0.770. The number of halogens is 2. The Morgan fingerprint density at radius 2 is 2.12 bits per heavy atom. The Morgan fingerprint density at radius 1 is 1.38 bits per heavy atom. The van der Waals surface area contributed by atoms with Gasteiger partial charge in [-0.05, 0) is 18.6 Å². The van der Waals surface area contributed by atoms with E-state index in [-0.39, 0.29) is 12.5 Å². The molecule has 1 amide bonds. The highest BCUT2D eigenvalue weighted by atomic mass is 35.5. The summed E-state index contributed by atoms with van der Waals surface area (Å²) >= 11 is 11.9. The lowest BCUT2D eigenvalue weighted by molar-refractivity contribution is -0.120. The van der Waals surface area contributed by atoms with Crippen molar-refractivity contribution in [1.82, 2.24) is 10.6 Å². The van der Waals surface area contributed by atoms with Gasteiger partial charge in [0.2, 0.25) is 5.91 Å². The number of likely N-dealkylation sites (N-methyl/N-ethyl adjacent to an activating group) is 1. The fraction of sp³-hybridized carbons (Fsp3) is 0.364. The van der Waals surface area contributed by atoms with Crippen LogP contribution < -0.4 is 10.6 Å². The molecule has 0 heterocycles. The molecular formula is C11H14Cl2N2O. The average molecular weight is 261 g/mol. The number of carbonyl (C=O) groups excluding carboxylic acids is 1. The van der Waals surface area contributed by atoms with E-state index in [2.05, 4.69) is 10.6 Å². The monoisotopic (exact) mass is 260 g/mol. The van der Waals surface area contributed by atoms with Crippen LogP contribution in [0.25, 0.3) is 0 Å². The molecule has 0 atom stereocenters. The molecule has 0 aliphatic carbocycles. The molecule has 0 saturated heterocycles. The number of amides is 1. The van der Waals surface area contributed by atoms with E-state index in [1.807, 2.05) is 19.1 Å². The van der Waals surface area contributed by atoms with Crippen LogP contribution >= 0.6 is 23.2 Å². The van der Waals surface area contributed by atoms with E-state index < -0.39 is 0 Å². The molecule has 1 rings (SSSR count). The zero-order valence-corrected chi connectivity index (χ0v) is 10.5. The second-order valence-corrected chi connectivity index (χ2v) is 4.06. The van der Waals surface area contributed by atoms with E-state index in [1.165, 1.54) is 0 Å². The number of benzene rings is 1. The Balaban J connectivity index is 2.43. The second kappa shape index (κ2) is 6.74. The lowest BCUT2D eigenvalue weighted by Crippen LogP contribution is -2.33. The van der Waals surface area contributed by atoms with Gasteiger partial charge in [0.15, 0.2) is 0 Å². The zero-order valence-electron chi connectivity index (χ0n) is 9.02. The number of nitrogens with one attached hydrogen (secondary N) is 2. The van der Waals surface area contributed by atoms with Crippen molar-refractivity contribution in [3.05, 3.63) is 33.8 Å². The molecule has 0 spiro atoms. The Labute approximate surface area is 105 Å². The van der Waals surface area contributed by atoms with Gasteiger partial charge in [0.05, 0.1) is 16.6 Å². The summed E-state index contributed by atoms with van der Waals surface area (Å²) in [5.41, 5.74) is 0.887. The molecule has 0 unspecified atom stereocenters. The second-order valence-electron chi connectivity index (χ2n) is 3.27. The Kier molecular flexibility index (Phi) is 5.60. The molecule has 2 N–H and O–H groups in total. The maximum Gasteiger partial charge on any atom is 0.233 e. The van der Waals surface area contributed by atoms with Crippen LogP contribution in [0.15, 0.2) is 18.2 Å². The number of hydrogen-bond donors (Lipinski definition) is 2. The minimum Gasteiger partial charge on any atom is -0.355 e. The molecule has 0 fully saturated rings. The van der Waals surface area contributed by atoms with Crippen molar-refractivity contribution in [2.45, 2.75) is 13.5 Å². The van der Waals surface area contributed by atoms with Gasteiger partial charge in [0.1, 0.15) is 0 Å². The highest BCUT2D eigenvalue weighted by molar-refractivity contribution is 6.42. The molecular weight excluding hydrogens is 247 g/mol. The van der Waals surface area contributed by atoms with E-state index in [1.54, 1.807) is 6.07 Å². The molecule has 5 heteroatoms. The molecule has 0 aromatic heterocycles. The first-order valence-corrected chi connectivity index (χ1v) is 5.81. The first kappa shape index (κ1) is 13.3. The lowest BCUT2D eigenvalue weighted by atomic mass is 10.2. The third kappa shape index (κ3) is 4.00. The summed E-state index contributed by atoms with van der Waals surface area (Å²) in [5.74, 6) is -0.0272. The summed E-state index contributed by atoms with van der Waals surface area (Å²) in [4.78, 5) is 11.2. The fourth-order valence-electron chi connectivity index (χ4n) is 1.26. The smallest absolute Gasteiger partial charge is 0.233 e. The minimum absolute atomic E-state index is 0.0272. The van der Waals surface area contributed by atoms with Crippen LogP contribution in [-0.2, 0) is 11.3 Å². The molecule has 0 radical (unpaired) electrons. The number of hydrogen-bond acceptors (Lipinski definition) is 2. The Bertz CT molecular complexity index is 369. The van der Waals surface area contributed by atoms with Crippen LogP contribution in [0.2, 0.25) is 10.0 Å². The molecule has 3 nitrogen and oxygen atoms in total. The maximum absolute atomic E-state index is 11.2. The lowest BCUT2D eigenvalue weighted by Gasteiger charge is -2.07. The summed E-state index contributed by atoms with van der Waals surface area (Å²) in [6, 6.07) is 5.44. The molecule has 1 aromatic rings. The first-order valence-electron chi connectivity index (χ1n) is 5.05. The van der Waals surface area contributed by atoms with E-state index >= 15 is 0 Å². The van der Waals surface area contributed by atoms with Crippen molar-refractivity contribution < 1.29 is 4.79 Å². The van der Waals surface area contributed by atoms with E-state index in [4.69, 9.17) is 23.2 Å². The average Bonchev–Trinajstić information content (AvgIpc) is 2.25. The van der Waals surface area contributed by atoms with Gasteiger partial charge in [-0.1, -0.05) is 35.3 Å². The molecule has 0 aliphatic heterocycles. The zero-order chi connectivity index (χ0) is 12.0. The van der Waals surface area contributed by atoms with Gasteiger partial charge in [0, 0.05) is 13.1 Å². The fourth-order valence-corrected chi connectivity index (χ4v) is 1.64. The molecule has 0 saturated carbocycles.